The van der Waals surface area contributed by atoms with Crippen molar-refractivity contribution in [1.29, 1.82) is 0 Å². The summed E-state index contributed by atoms with van der Waals surface area (Å²) in [4.78, 5) is 19.9. The van der Waals surface area contributed by atoms with E-state index < -0.39 is 0 Å². The van der Waals surface area contributed by atoms with Crippen molar-refractivity contribution in [3.05, 3.63) is 60.2 Å². The van der Waals surface area contributed by atoms with Crippen LogP contribution < -0.4 is 4.90 Å². The number of nitrogens with zero attached hydrogens (tertiary/aromatic N) is 3. The molecular weight excluding hydrogens is 362 g/mol. The maximum atomic E-state index is 13.4. The highest BCUT2D eigenvalue weighted by Crippen LogP contribution is 2.28. The summed E-state index contributed by atoms with van der Waals surface area (Å²) in [6, 6.07) is 17.4. The minimum Gasteiger partial charge on any atom is -0.506 e. The molecule has 5 nitrogen and oxygen atoms in total. The lowest BCUT2D eigenvalue weighted by Crippen LogP contribution is -2.57. The van der Waals surface area contributed by atoms with E-state index in [1.165, 1.54) is 0 Å². The number of para-hydroxylation sites is 2. The van der Waals surface area contributed by atoms with Crippen LogP contribution >= 0.6 is 0 Å². The van der Waals surface area contributed by atoms with Crippen molar-refractivity contribution >= 4 is 11.6 Å². The molecule has 5 heteroatoms. The Hall–Kier alpha value is -2.53. The van der Waals surface area contributed by atoms with Crippen LogP contribution in [0.1, 0.15) is 33.3 Å². The zero-order chi connectivity index (χ0) is 21.0. The zero-order valence-electron chi connectivity index (χ0n) is 18.0. The Kier molecular flexibility index (Phi) is 6.48. The van der Waals surface area contributed by atoms with Crippen LogP contribution in [0.4, 0.5) is 5.69 Å². The lowest BCUT2D eigenvalue weighted by molar-refractivity contribution is -0.142. The largest absolute Gasteiger partial charge is 0.506 e. The van der Waals surface area contributed by atoms with E-state index in [4.69, 9.17) is 0 Å². The molecule has 1 aliphatic rings. The molecule has 1 atom stereocenters. The second kappa shape index (κ2) is 8.87. The number of hydrogen-bond donors (Lipinski definition) is 1. The van der Waals surface area contributed by atoms with Crippen molar-refractivity contribution < 1.29 is 9.90 Å². The molecule has 2 aromatic rings. The van der Waals surface area contributed by atoms with Gasteiger partial charge >= 0.3 is 0 Å². The Balaban J connectivity index is 1.66. The van der Waals surface area contributed by atoms with Gasteiger partial charge in [0.25, 0.3) is 0 Å². The summed E-state index contributed by atoms with van der Waals surface area (Å²) in [5.41, 5.74) is 1.76. The molecule has 0 radical (unpaired) electrons. The number of carbonyl (C=O) groups is 1. The number of phenols is 1. The predicted octanol–water partition coefficient (Wildman–Crippen LogP) is 3.73. The molecular formula is C24H33N3O2. The number of piperazine rings is 1. The fourth-order valence-corrected chi connectivity index (χ4v) is 3.88. The lowest BCUT2D eigenvalue weighted by atomic mass is 10.0. The van der Waals surface area contributed by atoms with E-state index >= 15 is 0 Å². The lowest BCUT2D eigenvalue weighted by Gasteiger charge is -2.43. The van der Waals surface area contributed by atoms with E-state index in [1.807, 2.05) is 48.2 Å². The number of rotatable bonds is 5. The summed E-state index contributed by atoms with van der Waals surface area (Å²) >= 11 is 0. The van der Waals surface area contributed by atoms with E-state index in [0.717, 1.165) is 37.4 Å². The third-order valence-electron chi connectivity index (χ3n) is 5.70. The van der Waals surface area contributed by atoms with Crippen LogP contribution in [0.25, 0.3) is 0 Å². The van der Waals surface area contributed by atoms with Crippen molar-refractivity contribution in [3.8, 4) is 5.75 Å². The highest BCUT2D eigenvalue weighted by molar-refractivity contribution is 5.82. The third kappa shape index (κ3) is 5.10. The molecule has 0 unspecified atom stereocenters. The maximum Gasteiger partial charge on any atom is 0.240 e. The fourth-order valence-electron chi connectivity index (χ4n) is 3.88. The normalized spacial score (nSPS) is 16.5. The minimum atomic E-state index is -0.251. The van der Waals surface area contributed by atoms with Crippen LogP contribution in [0.15, 0.2) is 54.6 Å². The first-order chi connectivity index (χ1) is 13.8. The number of aromatic hydroxyl groups is 1. The van der Waals surface area contributed by atoms with Crippen molar-refractivity contribution in [3.63, 3.8) is 0 Å². The number of phenolic OH excluding ortho intramolecular Hbond substituents is 1. The Morgan fingerprint density at radius 2 is 1.59 bits per heavy atom. The molecule has 2 aromatic carbocycles. The van der Waals surface area contributed by atoms with Gasteiger partial charge in [-0.25, -0.2) is 0 Å². The van der Waals surface area contributed by atoms with Crippen molar-refractivity contribution in [2.45, 2.75) is 45.8 Å². The van der Waals surface area contributed by atoms with Crippen LogP contribution in [0, 0.1) is 0 Å². The minimum absolute atomic E-state index is 0.164. The molecule has 1 amide bonds. The third-order valence-corrected chi connectivity index (χ3v) is 5.70. The molecule has 29 heavy (non-hydrogen) atoms. The van der Waals surface area contributed by atoms with E-state index in [0.29, 0.717) is 12.3 Å². The van der Waals surface area contributed by atoms with Crippen molar-refractivity contribution in [1.82, 2.24) is 9.80 Å². The summed E-state index contributed by atoms with van der Waals surface area (Å²) in [5.74, 6) is 0.476. The number of benzene rings is 2. The highest BCUT2D eigenvalue weighted by Gasteiger charge is 2.34. The quantitative estimate of drug-likeness (QED) is 0.838. The molecule has 0 spiro atoms. The second-order valence-electron chi connectivity index (χ2n) is 8.77. The van der Waals surface area contributed by atoms with E-state index in [9.17, 15) is 9.90 Å². The van der Waals surface area contributed by atoms with Gasteiger partial charge in [0.2, 0.25) is 5.91 Å². The Bertz CT molecular complexity index is 808. The van der Waals surface area contributed by atoms with Crippen LogP contribution in [0.5, 0.6) is 5.75 Å². The smallest absolute Gasteiger partial charge is 0.240 e. The Morgan fingerprint density at radius 1 is 1.00 bits per heavy atom. The molecule has 3 rings (SSSR count). The van der Waals surface area contributed by atoms with E-state index in [2.05, 4.69) is 42.7 Å². The number of anilines is 1. The van der Waals surface area contributed by atoms with E-state index in [1.54, 1.807) is 6.07 Å². The highest BCUT2D eigenvalue weighted by atomic mass is 16.3. The SMILES string of the molecule is C[C@@H](C(=O)N(Cc1ccccc1)C(C)(C)C)N1CCN(c2ccccc2O)CC1. The standard InChI is InChI=1S/C24H33N3O2/c1-19(23(29)27(24(2,3)4)18-20-10-6-5-7-11-20)25-14-16-26(17-15-25)21-12-8-9-13-22(21)28/h5-13,19,28H,14-18H2,1-4H3/t19-/m0/s1. The predicted molar refractivity (Wildman–Crippen MR) is 118 cm³/mol. The molecule has 1 aliphatic heterocycles. The van der Waals surface area contributed by atoms with Gasteiger partial charge in [0.1, 0.15) is 5.75 Å². The molecule has 0 saturated carbocycles. The molecule has 1 heterocycles. The second-order valence-corrected chi connectivity index (χ2v) is 8.77. The van der Waals surface area contributed by atoms with Gasteiger partial charge < -0.3 is 14.9 Å². The first-order valence-corrected chi connectivity index (χ1v) is 10.4. The molecule has 0 aliphatic carbocycles. The topological polar surface area (TPSA) is 47.0 Å². The van der Waals surface area contributed by atoms with Crippen LogP contribution in [0.2, 0.25) is 0 Å². The number of carbonyl (C=O) groups excluding carboxylic acids is 1. The molecule has 0 aromatic heterocycles. The zero-order valence-corrected chi connectivity index (χ0v) is 18.0. The van der Waals surface area contributed by atoms with Gasteiger partial charge in [0.05, 0.1) is 11.7 Å². The summed E-state index contributed by atoms with van der Waals surface area (Å²) in [5, 5.41) is 10.1. The van der Waals surface area contributed by atoms with Gasteiger partial charge in [-0.2, -0.15) is 0 Å². The molecule has 156 valence electrons. The van der Waals surface area contributed by atoms with Crippen LogP contribution in [-0.2, 0) is 11.3 Å². The number of amides is 1. The molecule has 1 N–H and O–H groups in total. The van der Waals surface area contributed by atoms with Crippen LogP contribution in [-0.4, -0.2) is 58.6 Å². The number of hydrogen-bond acceptors (Lipinski definition) is 4. The Labute approximate surface area is 174 Å². The summed E-state index contributed by atoms with van der Waals surface area (Å²) < 4.78 is 0. The van der Waals surface area contributed by atoms with E-state index in [-0.39, 0.29) is 17.5 Å². The van der Waals surface area contributed by atoms with Gasteiger partial charge in [-0.1, -0.05) is 42.5 Å². The first-order valence-electron chi connectivity index (χ1n) is 10.4. The summed E-state index contributed by atoms with van der Waals surface area (Å²) in [6.45, 7) is 12.1. The van der Waals surface area contributed by atoms with Crippen molar-refractivity contribution in [2.75, 3.05) is 31.1 Å². The van der Waals surface area contributed by atoms with Crippen molar-refractivity contribution in [2.24, 2.45) is 0 Å². The van der Waals surface area contributed by atoms with Gasteiger partial charge in [-0.05, 0) is 45.4 Å². The first kappa shape index (κ1) is 21.2. The molecule has 1 fully saturated rings. The van der Waals surface area contributed by atoms with Gasteiger partial charge in [0, 0.05) is 38.3 Å². The summed E-state index contributed by atoms with van der Waals surface area (Å²) in [6.07, 6.45) is 0. The maximum absolute atomic E-state index is 13.4. The van der Waals surface area contributed by atoms with Crippen LogP contribution in [0.3, 0.4) is 0 Å². The molecule has 0 bridgehead atoms. The summed E-state index contributed by atoms with van der Waals surface area (Å²) in [7, 11) is 0. The van der Waals surface area contributed by atoms with Gasteiger partial charge in [-0.3, -0.25) is 9.69 Å². The van der Waals surface area contributed by atoms with Gasteiger partial charge in [-0.15, -0.1) is 0 Å². The van der Waals surface area contributed by atoms with Gasteiger partial charge in [0.15, 0.2) is 0 Å². The monoisotopic (exact) mass is 395 g/mol. The Morgan fingerprint density at radius 3 is 2.17 bits per heavy atom. The average molecular weight is 396 g/mol. The fraction of sp³-hybridized carbons (Fsp3) is 0.458. The average Bonchev–Trinajstić information content (AvgIpc) is 2.71. The molecule has 1 saturated heterocycles.